The normalized spacial score (nSPS) is 12.2. The van der Waals surface area contributed by atoms with Crippen molar-refractivity contribution in [3.63, 3.8) is 0 Å². The lowest BCUT2D eigenvalue weighted by Gasteiger charge is -2.22. The van der Waals surface area contributed by atoms with Crippen LogP contribution in [0.1, 0.15) is 29.8 Å². The zero-order valence-corrected chi connectivity index (χ0v) is 16.6. The number of hydrogen-bond acceptors (Lipinski definition) is 6. The summed E-state index contributed by atoms with van der Waals surface area (Å²) in [7, 11) is 3.84. The van der Waals surface area contributed by atoms with E-state index in [1.54, 1.807) is 19.3 Å². The first-order chi connectivity index (χ1) is 13.3. The fourth-order valence-corrected chi connectivity index (χ4v) is 3.11. The van der Waals surface area contributed by atoms with Gasteiger partial charge in [0.1, 0.15) is 11.3 Å². The van der Waals surface area contributed by atoms with Crippen LogP contribution < -0.4 is 16.0 Å². The van der Waals surface area contributed by atoms with Gasteiger partial charge >= 0.3 is 0 Å². The summed E-state index contributed by atoms with van der Waals surface area (Å²) in [6, 6.07) is 7.49. The Bertz CT molecular complexity index is 1010. The standard InChI is InChI=1S/C20H26N6O2/c1-5-13-8-14(20(28)22-10-12(2)27)6-7-15(13)26(4)17-9-16-18(19(21)24-17)23-11-25(16)3/h6-9,11-12,27H,5,10H2,1-4H3,(H2,21,24)(H,22,28)/t12-/m1/s1. The Labute approximate surface area is 164 Å². The number of benzene rings is 1. The molecule has 0 radical (unpaired) electrons. The van der Waals surface area contributed by atoms with Crippen LogP contribution in [0.4, 0.5) is 17.3 Å². The summed E-state index contributed by atoms with van der Waals surface area (Å²) < 4.78 is 1.90. The Morgan fingerprint density at radius 3 is 2.82 bits per heavy atom. The average molecular weight is 382 g/mol. The van der Waals surface area contributed by atoms with E-state index in [1.165, 1.54) is 0 Å². The number of carbonyl (C=O) groups is 1. The number of carbonyl (C=O) groups excluding carboxylic acids is 1. The van der Waals surface area contributed by atoms with Gasteiger partial charge in [0.15, 0.2) is 5.82 Å². The van der Waals surface area contributed by atoms with Crippen molar-refractivity contribution in [2.45, 2.75) is 26.4 Å². The van der Waals surface area contributed by atoms with Crippen LogP contribution in [0, 0.1) is 0 Å². The number of pyridine rings is 1. The van der Waals surface area contributed by atoms with E-state index < -0.39 is 6.10 Å². The number of nitrogen functional groups attached to an aromatic ring is 1. The second-order valence-electron chi connectivity index (χ2n) is 6.90. The number of fused-ring (bicyclic) bond motifs is 1. The molecule has 2 aromatic heterocycles. The number of aliphatic hydroxyl groups is 1. The molecule has 3 rings (SSSR count). The highest BCUT2D eigenvalue weighted by Gasteiger charge is 2.16. The lowest BCUT2D eigenvalue weighted by molar-refractivity contribution is 0.0924. The third-order valence-electron chi connectivity index (χ3n) is 4.71. The number of hydrogen-bond donors (Lipinski definition) is 3. The van der Waals surface area contributed by atoms with Crippen molar-refractivity contribution >= 4 is 34.3 Å². The van der Waals surface area contributed by atoms with Gasteiger partial charge in [0, 0.05) is 38.0 Å². The monoisotopic (exact) mass is 382 g/mol. The molecule has 3 aromatic rings. The summed E-state index contributed by atoms with van der Waals surface area (Å²) in [4.78, 5) is 23.0. The maximum Gasteiger partial charge on any atom is 0.251 e. The number of aromatic nitrogens is 3. The number of nitrogens with two attached hydrogens (primary N) is 1. The van der Waals surface area contributed by atoms with E-state index >= 15 is 0 Å². The molecule has 8 heteroatoms. The van der Waals surface area contributed by atoms with Crippen LogP contribution in [0.2, 0.25) is 0 Å². The van der Waals surface area contributed by atoms with Crippen LogP contribution in [-0.2, 0) is 13.5 Å². The van der Waals surface area contributed by atoms with E-state index in [0.717, 1.165) is 23.2 Å². The number of imidazole rings is 1. The minimum atomic E-state index is -0.585. The summed E-state index contributed by atoms with van der Waals surface area (Å²) in [5.41, 5.74) is 10.2. The molecular weight excluding hydrogens is 356 g/mol. The number of amides is 1. The smallest absolute Gasteiger partial charge is 0.251 e. The molecule has 0 saturated heterocycles. The molecule has 1 aromatic carbocycles. The Kier molecular flexibility index (Phi) is 5.51. The van der Waals surface area contributed by atoms with Crippen molar-refractivity contribution < 1.29 is 9.90 Å². The highest BCUT2D eigenvalue weighted by Crippen LogP contribution is 2.30. The molecule has 0 fully saturated rings. The van der Waals surface area contributed by atoms with Crippen LogP contribution in [-0.4, -0.2) is 45.2 Å². The van der Waals surface area contributed by atoms with Crippen LogP contribution >= 0.6 is 0 Å². The van der Waals surface area contributed by atoms with E-state index in [2.05, 4.69) is 15.3 Å². The maximum atomic E-state index is 12.3. The number of rotatable bonds is 6. The maximum absolute atomic E-state index is 12.3. The van der Waals surface area contributed by atoms with Crippen LogP contribution in [0.15, 0.2) is 30.6 Å². The molecule has 8 nitrogen and oxygen atoms in total. The lowest BCUT2D eigenvalue weighted by atomic mass is 10.0. The first-order valence-electron chi connectivity index (χ1n) is 9.22. The van der Waals surface area contributed by atoms with Gasteiger partial charge in [0.2, 0.25) is 0 Å². The Morgan fingerprint density at radius 1 is 1.39 bits per heavy atom. The van der Waals surface area contributed by atoms with Crippen molar-refractivity contribution in [1.82, 2.24) is 19.9 Å². The molecular formula is C20H26N6O2. The summed E-state index contributed by atoms with van der Waals surface area (Å²) in [6.45, 7) is 3.89. The van der Waals surface area contributed by atoms with Gasteiger partial charge in [-0.3, -0.25) is 4.79 Å². The topological polar surface area (TPSA) is 109 Å². The predicted molar refractivity (Wildman–Crippen MR) is 111 cm³/mol. The fourth-order valence-electron chi connectivity index (χ4n) is 3.11. The number of aryl methyl sites for hydroxylation is 2. The molecule has 0 unspecified atom stereocenters. The molecule has 0 aliphatic heterocycles. The SMILES string of the molecule is CCc1cc(C(=O)NC[C@@H](C)O)ccc1N(C)c1cc2c(ncn2C)c(N)n1. The van der Waals surface area contributed by atoms with E-state index in [0.29, 0.717) is 22.7 Å². The fraction of sp³-hybridized carbons (Fsp3) is 0.350. The zero-order valence-electron chi connectivity index (χ0n) is 16.6. The van der Waals surface area contributed by atoms with Gasteiger partial charge in [-0.25, -0.2) is 9.97 Å². The second kappa shape index (κ2) is 7.85. The molecule has 28 heavy (non-hydrogen) atoms. The highest BCUT2D eigenvalue weighted by molar-refractivity contribution is 5.95. The Balaban J connectivity index is 1.94. The van der Waals surface area contributed by atoms with Gasteiger partial charge in [-0.15, -0.1) is 0 Å². The largest absolute Gasteiger partial charge is 0.392 e. The van der Waals surface area contributed by atoms with E-state index in [1.807, 2.05) is 48.7 Å². The lowest BCUT2D eigenvalue weighted by Crippen LogP contribution is -2.30. The second-order valence-corrected chi connectivity index (χ2v) is 6.90. The quantitative estimate of drug-likeness (QED) is 0.601. The Hall–Kier alpha value is -3.13. The molecule has 0 spiro atoms. The molecule has 148 valence electrons. The highest BCUT2D eigenvalue weighted by atomic mass is 16.3. The van der Waals surface area contributed by atoms with Gasteiger partial charge in [-0.1, -0.05) is 6.92 Å². The third-order valence-corrected chi connectivity index (χ3v) is 4.71. The molecule has 2 heterocycles. The molecule has 0 aliphatic carbocycles. The summed E-state index contributed by atoms with van der Waals surface area (Å²) >= 11 is 0. The van der Waals surface area contributed by atoms with Gasteiger partial charge in [0.25, 0.3) is 5.91 Å². The van der Waals surface area contributed by atoms with Crippen molar-refractivity contribution in [1.29, 1.82) is 0 Å². The summed E-state index contributed by atoms with van der Waals surface area (Å²) in [6.07, 6.45) is 1.88. The van der Waals surface area contributed by atoms with Crippen LogP contribution in [0.3, 0.4) is 0 Å². The van der Waals surface area contributed by atoms with E-state index in [9.17, 15) is 9.90 Å². The van der Waals surface area contributed by atoms with E-state index in [-0.39, 0.29) is 12.5 Å². The zero-order chi connectivity index (χ0) is 20.4. The number of anilines is 3. The number of nitrogens with zero attached hydrogens (tertiary/aromatic N) is 4. The van der Waals surface area contributed by atoms with Crippen LogP contribution in [0.25, 0.3) is 11.0 Å². The van der Waals surface area contributed by atoms with Crippen molar-refractivity contribution in [3.05, 3.63) is 41.7 Å². The summed E-state index contributed by atoms with van der Waals surface area (Å²) in [5.74, 6) is 0.880. The molecule has 1 amide bonds. The minimum absolute atomic E-state index is 0.205. The molecule has 1 atom stereocenters. The Morgan fingerprint density at radius 2 is 2.14 bits per heavy atom. The minimum Gasteiger partial charge on any atom is -0.392 e. The molecule has 0 bridgehead atoms. The molecule has 0 saturated carbocycles. The van der Waals surface area contributed by atoms with Gasteiger partial charge in [0.05, 0.1) is 17.9 Å². The molecule has 0 aliphatic rings. The van der Waals surface area contributed by atoms with Gasteiger partial charge in [-0.05, 0) is 37.1 Å². The van der Waals surface area contributed by atoms with E-state index in [4.69, 9.17) is 5.73 Å². The van der Waals surface area contributed by atoms with Gasteiger partial charge in [-0.2, -0.15) is 0 Å². The first kappa shape index (κ1) is 19.6. The predicted octanol–water partition coefficient (Wildman–Crippen LogP) is 1.99. The van der Waals surface area contributed by atoms with Crippen molar-refractivity contribution in [2.24, 2.45) is 7.05 Å². The number of aliphatic hydroxyl groups excluding tert-OH is 1. The molecule has 4 N–H and O–H groups in total. The summed E-state index contributed by atoms with van der Waals surface area (Å²) in [5, 5.41) is 12.1. The number of nitrogens with one attached hydrogen (secondary N) is 1. The average Bonchev–Trinajstić information content (AvgIpc) is 3.06. The van der Waals surface area contributed by atoms with Crippen molar-refractivity contribution in [2.75, 3.05) is 24.2 Å². The van der Waals surface area contributed by atoms with Crippen molar-refractivity contribution in [3.8, 4) is 0 Å². The van der Waals surface area contributed by atoms with Gasteiger partial charge < -0.3 is 25.6 Å². The third kappa shape index (κ3) is 3.77. The first-order valence-corrected chi connectivity index (χ1v) is 9.22. The van der Waals surface area contributed by atoms with Crippen LogP contribution in [0.5, 0.6) is 0 Å².